The van der Waals surface area contributed by atoms with Crippen LogP contribution in [0.4, 0.5) is 0 Å². The molecule has 19 heavy (non-hydrogen) atoms. The van der Waals surface area contributed by atoms with Crippen molar-refractivity contribution in [3.63, 3.8) is 0 Å². The van der Waals surface area contributed by atoms with Gasteiger partial charge in [0, 0.05) is 0 Å². The lowest BCUT2D eigenvalue weighted by Crippen LogP contribution is -2.00. The summed E-state index contributed by atoms with van der Waals surface area (Å²) in [5.41, 5.74) is 7.54. The van der Waals surface area contributed by atoms with E-state index in [9.17, 15) is 0 Å². The van der Waals surface area contributed by atoms with Gasteiger partial charge in [-0.1, -0.05) is 24.3 Å². The van der Waals surface area contributed by atoms with Crippen molar-refractivity contribution in [3.8, 4) is 11.5 Å². The SMILES string of the molecule is COc1cccc(C=CN)c1.c1cc2ccc1CO2. The molecule has 2 bridgehead atoms. The Kier molecular flexibility index (Phi) is 4.45. The number of hydrogen-bond donors (Lipinski definition) is 1. The maximum absolute atomic E-state index is 5.23. The first-order valence-corrected chi connectivity index (χ1v) is 6.06. The second-order valence-corrected chi connectivity index (χ2v) is 4.07. The molecule has 0 saturated heterocycles. The van der Waals surface area contributed by atoms with Gasteiger partial charge >= 0.3 is 0 Å². The second-order valence-electron chi connectivity index (χ2n) is 4.07. The van der Waals surface area contributed by atoms with Gasteiger partial charge in [0.25, 0.3) is 0 Å². The predicted octanol–water partition coefficient (Wildman–Crippen LogP) is 3.20. The van der Waals surface area contributed by atoms with Crippen molar-refractivity contribution in [3.05, 3.63) is 65.9 Å². The van der Waals surface area contributed by atoms with E-state index in [-0.39, 0.29) is 0 Å². The Labute approximate surface area is 113 Å². The first-order valence-electron chi connectivity index (χ1n) is 6.06. The van der Waals surface area contributed by atoms with Gasteiger partial charge in [0.05, 0.1) is 7.11 Å². The lowest BCUT2D eigenvalue weighted by atomic mass is 10.2. The van der Waals surface area contributed by atoms with E-state index in [2.05, 4.69) is 12.1 Å². The summed E-state index contributed by atoms with van der Waals surface area (Å²) >= 11 is 0. The van der Waals surface area contributed by atoms with Gasteiger partial charge in [0.15, 0.2) is 0 Å². The van der Waals surface area contributed by atoms with Crippen molar-refractivity contribution in [1.29, 1.82) is 0 Å². The van der Waals surface area contributed by atoms with Crippen LogP contribution in [0.25, 0.3) is 6.08 Å². The van der Waals surface area contributed by atoms with E-state index >= 15 is 0 Å². The topological polar surface area (TPSA) is 44.5 Å². The fourth-order valence-electron chi connectivity index (χ4n) is 1.70. The molecule has 0 radical (unpaired) electrons. The van der Waals surface area contributed by atoms with Crippen LogP contribution in [0, 0.1) is 0 Å². The number of methoxy groups -OCH3 is 1. The largest absolute Gasteiger partial charge is 0.497 e. The fraction of sp³-hybridized carbons (Fsp3) is 0.125. The summed E-state index contributed by atoms with van der Waals surface area (Å²) in [5.74, 6) is 1.83. The van der Waals surface area contributed by atoms with Gasteiger partial charge in [0.1, 0.15) is 18.1 Å². The van der Waals surface area contributed by atoms with Crippen LogP contribution in [-0.4, -0.2) is 7.11 Å². The predicted molar refractivity (Wildman–Crippen MR) is 77.0 cm³/mol. The molecule has 2 aromatic carbocycles. The Morgan fingerprint density at radius 3 is 2.37 bits per heavy atom. The van der Waals surface area contributed by atoms with Crippen molar-refractivity contribution < 1.29 is 9.47 Å². The molecule has 2 aliphatic heterocycles. The van der Waals surface area contributed by atoms with E-state index < -0.39 is 0 Å². The van der Waals surface area contributed by atoms with Gasteiger partial charge in [-0.3, -0.25) is 0 Å². The van der Waals surface area contributed by atoms with Gasteiger partial charge in [-0.05, 0) is 47.7 Å². The smallest absolute Gasteiger partial charge is 0.119 e. The van der Waals surface area contributed by atoms with E-state index in [0.29, 0.717) is 0 Å². The highest BCUT2D eigenvalue weighted by Gasteiger charge is 2.01. The van der Waals surface area contributed by atoms with Crippen LogP contribution in [0.5, 0.6) is 11.5 Å². The zero-order valence-electron chi connectivity index (χ0n) is 10.9. The first-order chi connectivity index (χ1) is 9.31. The quantitative estimate of drug-likeness (QED) is 0.896. The standard InChI is InChI=1S/C9H11NO.C7H6O/c1-11-9-4-2-3-8(7-9)5-6-10;1-3-7-4-2-6(1)5-8-7/h2-7H,10H2,1H3;1-4H,5H2. The third-order valence-corrected chi connectivity index (χ3v) is 2.71. The molecule has 0 atom stereocenters. The molecule has 0 fully saturated rings. The van der Waals surface area contributed by atoms with E-state index in [4.69, 9.17) is 15.2 Å². The maximum atomic E-state index is 5.23. The Bertz CT molecular complexity index is 524. The number of nitrogens with two attached hydrogens (primary N) is 1. The zero-order chi connectivity index (χ0) is 13.5. The molecule has 2 aromatic rings. The zero-order valence-corrected chi connectivity index (χ0v) is 10.9. The molecule has 0 amide bonds. The average Bonchev–Trinajstić information content (AvgIpc) is 2.50. The summed E-state index contributed by atoms with van der Waals surface area (Å²) in [6.07, 6.45) is 3.33. The van der Waals surface area contributed by atoms with Crippen molar-refractivity contribution in [2.75, 3.05) is 7.11 Å². The molecule has 0 aliphatic carbocycles. The minimum atomic E-state index is 0.766. The number of benzene rings is 2. The van der Waals surface area contributed by atoms with Crippen molar-refractivity contribution >= 4 is 6.08 Å². The molecule has 0 unspecified atom stereocenters. The van der Waals surface area contributed by atoms with Crippen LogP contribution in [0.15, 0.2) is 54.7 Å². The number of ether oxygens (including phenoxy) is 2. The van der Waals surface area contributed by atoms with E-state index in [1.165, 1.54) is 11.8 Å². The van der Waals surface area contributed by atoms with Crippen LogP contribution < -0.4 is 15.2 Å². The van der Waals surface area contributed by atoms with E-state index in [0.717, 1.165) is 23.7 Å². The molecule has 0 spiro atoms. The molecule has 2 heterocycles. The summed E-state index contributed by atoms with van der Waals surface area (Å²) in [5, 5.41) is 0. The van der Waals surface area contributed by atoms with Crippen LogP contribution in [0.1, 0.15) is 11.1 Å². The van der Waals surface area contributed by atoms with Crippen LogP contribution in [0.2, 0.25) is 0 Å². The number of hydrogen-bond acceptors (Lipinski definition) is 3. The normalized spacial score (nSPS) is 11.6. The Morgan fingerprint density at radius 1 is 1.16 bits per heavy atom. The van der Waals surface area contributed by atoms with E-state index in [1.807, 2.05) is 42.5 Å². The summed E-state index contributed by atoms with van der Waals surface area (Å²) in [4.78, 5) is 0. The van der Waals surface area contributed by atoms with Gasteiger partial charge in [0.2, 0.25) is 0 Å². The molecule has 98 valence electrons. The summed E-state index contributed by atoms with van der Waals surface area (Å²) in [7, 11) is 1.64. The maximum Gasteiger partial charge on any atom is 0.119 e. The summed E-state index contributed by atoms with van der Waals surface area (Å²) in [6.45, 7) is 0.766. The average molecular weight is 255 g/mol. The summed E-state index contributed by atoms with van der Waals surface area (Å²) in [6, 6.07) is 15.8. The van der Waals surface area contributed by atoms with Crippen LogP contribution >= 0.6 is 0 Å². The highest BCUT2D eigenvalue weighted by atomic mass is 16.5. The molecule has 3 heteroatoms. The van der Waals surface area contributed by atoms with Crippen molar-refractivity contribution in [1.82, 2.24) is 0 Å². The van der Waals surface area contributed by atoms with Crippen molar-refractivity contribution in [2.45, 2.75) is 6.61 Å². The molecule has 3 nitrogen and oxygen atoms in total. The molecule has 2 aliphatic rings. The van der Waals surface area contributed by atoms with Gasteiger partial charge in [-0.15, -0.1) is 0 Å². The number of fused-ring (bicyclic) bond motifs is 3. The van der Waals surface area contributed by atoms with Gasteiger partial charge < -0.3 is 15.2 Å². The third kappa shape index (κ3) is 3.78. The molecule has 2 N–H and O–H groups in total. The first kappa shape index (κ1) is 13.0. The highest BCUT2D eigenvalue weighted by molar-refractivity contribution is 5.51. The monoisotopic (exact) mass is 255 g/mol. The van der Waals surface area contributed by atoms with Crippen molar-refractivity contribution in [2.24, 2.45) is 5.73 Å². The molecule has 4 rings (SSSR count). The van der Waals surface area contributed by atoms with Gasteiger partial charge in [-0.25, -0.2) is 0 Å². The molecule has 0 saturated carbocycles. The third-order valence-electron chi connectivity index (χ3n) is 2.71. The fourth-order valence-corrected chi connectivity index (χ4v) is 1.70. The Balaban J connectivity index is 0.000000146. The minimum Gasteiger partial charge on any atom is -0.497 e. The Hall–Kier alpha value is -2.42. The minimum absolute atomic E-state index is 0.766. The van der Waals surface area contributed by atoms with Crippen LogP contribution in [-0.2, 0) is 6.61 Å². The lowest BCUT2D eigenvalue weighted by molar-refractivity contribution is 0.295. The number of rotatable bonds is 2. The molecular formula is C16H17NO2. The lowest BCUT2D eigenvalue weighted by Gasteiger charge is -2.11. The van der Waals surface area contributed by atoms with Gasteiger partial charge in [-0.2, -0.15) is 0 Å². The second kappa shape index (κ2) is 6.50. The molecular weight excluding hydrogens is 238 g/mol. The van der Waals surface area contributed by atoms with Crippen LogP contribution in [0.3, 0.4) is 0 Å². The molecule has 0 aromatic heterocycles. The Morgan fingerprint density at radius 2 is 1.95 bits per heavy atom. The highest BCUT2D eigenvalue weighted by Crippen LogP contribution is 2.19. The van der Waals surface area contributed by atoms with E-state index in [1.54, 1.807) is 7.11 Å². The summed E-state index contributed by atoms with van der Waals surface area (Å²) < 4.78 is 10.2.